The van der Waals surface area contributed by atoms with Crippen molar-refractivity contribution in [3.63, 3.8) is 0 Å². The molecule has 0 radical (unpaired) electrons. The second-order valence-corrected chi connectivity index (χ2v) is 4.82. The third kappa shape index (κ3) is 1.60. The summed E-state index contributed by atoms with van der Waals surface area (Å²) in [6, 6.07) is 16.5. The smallest absolute Gasteiger partial charge is 0.175 e. The number of nitrogens with zero attached hydrogens (tertiary/aromatic N) is 2. The molecule has 3 nitrogen and oxygen atoms in total. The normalized spacial score (nSPS) is 11.2. The van der Waals surface area contributed by atoms with Gasteiger partial charge in [0.25, 0.3) is 0 Å². The van der Waals surface area contributed by atoms with E-state index in [2.05, 4.69) is 34.2 Å². The molecule has 0 spiro atoms. The molecule has 4 aromatic rings. The van der Waals surface area contributed by atoms with Crippen LogP contribution in [0.4, 0.5) is 0 Å². The fourth-order valence-corrected chi connectivity index (χ4v) is 2.50. The zero-order valence-corrected chi connectivity index (χ0v) is 11.0. The van der Waals surface area contributed by atoms with E-state index in [0.717, 1.165) is 33.3 Å². The van der Waals surface area contributed by atoms with Gasteiger partial charge in [-0.05, 0) is 30.2 Å². The number of aromatic nitrogens is 2. The zero-order chi connectivity index (χ0) is 13.5. The van der Waals surface area contributed by atoms with Gasteiger partial charge in [-0.1, -0.05) is 36.4 Å². The van der Waals surface area contributed by atoms with Crippen molar-refractivity contribution in [1.29, 1.82) is 0 Å². The van der Waals surface area contributed by atoms with Crippen molar-refractivity contribution >= 4 is 22.1 Å². The van der Waals surface area contributed by atoms with Crippen LogP contribution < -0.4 is 0 Å². The number of rotatable bonds is 1. The minimum atomic E-state index is 0.771. The fourth-order valence-electron chi connectivity index (χ4n) is 2.50. The summed E-state index contributed by atoms with van der Waals surface area (Å²) in [5.41, 5.74) is 5.72. The number of hydrogen-bond donors (Lipinski definition) is 0. The first-order valence-corrected chi connectivity index (χ1v) is 6.52. The molecular formula is C17H12N2O. The Labute approximate surface area is 115 Å². The topological polar surface area (TPSA) is 38.9 Å². The van der Waals surface area contributed by atoms with Gasteiger partial charge in [-0.25, -0.2) is 9.97 Å². The second kappa shape index (κ2) is 4.17. The van der Waals surface area contributed by atoms with Crippen molar-refractivity contribution in [3.8, 4) is 11.1 Å². The van der Waals surface area contributed by atoms with Crippen molar-refractivity contribution in [3.05, 3.63) is 60.6 Å². The predicted octanol–water partition coefficient (Wildman–Crippen LogP) is 4.35. The first-order chi connectivity index (χ1) is 9.83. The van der Waals surface area contributed by atoms with Crippen LogP contribution >= 0.6 is 0 Å². The van der Waals surface area contributed by atoms with Crippen LogP contribution in [0.3, 0.4) is 0 Å². The van der Waals surface area contributed by atoms with Crippen LogP contribution in [0.5, 0.6) is 0 Å². The SMILES string of the molecule is Cc1ncnc2c1oc1ccc(-c3ccccc3)cc12. The molecule has 2 heterocycles. The summed E-state index contributed by atoms with van der Waals surface area (Å²) in [6.07, 6.45) is 1.59. The maximum Gasteiger partial charge on any atom is 0.175 e. The van der Waals surface area contributed by atoms with Crippen LogP contribution in [0.1, 0.15) is 5.69 Å². The van der Waals surface area contributed by atoms with Crippen LogP contribution in [0.25, 0.3) is 33.2 Å². The minimum absolute atomic E-state index is 0.771. The van der Waals surface area contributed by atoms with Gasteiger partial charge >= 0.3 is 0 Å². The molecule has 2 aromatic heterocycles. The lowest BCUT2D eigenvalue weighted by atomic mass is 10.0. The van der Waals surface area contributed by atoms with Crippen molar-refractivity contribution in [1.82, 2.24) is 9.97 Å². The van der Waals surface area contributed by atoms with Crippen LogP contribution in [-0.2, 0) is 0 Å². The molecule has 0 saturated heterocycles. The van der Waals surface area contributed by atoms with Crippen molar-refractivity contribution in [2.75, 3.05) is 0 Å². The largest absolute Gasteiger partial charge is 0.452 e. The molecule has 0 N–H and O–H groups in total. The molecule has 0 atom stereocenters. The van der Waals surface area contributed by atoms with Crippen LogP contribution in [0, 0.1) is 6.92 Å². The summed E-state index contributed by atoms with van der Waals surface area (Å²) in [5.74, 6) is 0. The average molecular weight is 260 g/mol. The average Bonchev–Trinajstić information content (AvgIpc) is 2.88. The Morgan fingerprint density at radius 3 is 2.60 bits per heavy atom. The lowest BCUT2D eigenvalue weighted by Crippen LogP contribution is -1.83. The third-order valence-electron chi connectivity index (χ3n) is 3.54. The Morgan fingerprint density at radius 2 is 1.75 bits per heavy atom. The Kier molecular flexibility index (Phi) is 2.33. The van der Waals surface area contributed by atoms with Gasteiger partial charge in [0.1, 0.15) is 17.4 Å². The van der Waals surface area contributed by atoms with Crippen molar-refractivity contribution in [2.24, 2.45) is 0 Å². The van der Waals surface area contributed by atoms with Gasteiger partial charge in [0.05, 0.1) is 5.69 Å². The van der Waals surface area contributed by atoms with Gasteiger partial charge in [0.2, 0.25) is 0 Å². The standard InChI is InChI=1S/C17H12N2O/c1-11-17-16(19-10-18-11)14-9-13(7-8-15(14)20-17)12-5-3-2-4-6-12/h2-10H,1H3. The maximum absolute atomic E-state index is 5.85. The summed E-state index contributed by atoms with van der Waals surface area (Å²) >= 11 is 0. The van der Waals surface area contributed by atoms with Crippen LogP contribution in [0.15, 0.2) is 59.3 Å². The molecule has 0 aliphatic heterocycles. The van der Waals surface area contributed by atoms with E-state index in [1.807, 2.05) is 31.2 Å². The van der Waals surface area contributed by atoms with E-state index in [0.29, 0.717) is 0 Å². The zero-order valence-electron chi connectivity index (χ0n) is 11.0. The monoisotopic (exact) mass is 260 g/mol. The molecular weight excluding hydrogens is 248 g/mol. The van der Waals surface area contributed by atoms with E-state index < -0.39 is 0 Å². The third-order valence-corrected chi connectivity index (χ3v) is 3.54. The molecule has 0 unspecified atom stereocenters. The molecule has 0 aliphatic rings. The van der Waals surface area contributed by atoms with E-state index in [-0.39, 0.29) is 0 Å². The lowest BCUT2D eigenvalue weighted by molar-refractivity contribution is 0.661. The number of hydrogen-bond acceptors (Lipinski definition) is 3. The van der Waals surface area contributed by atoms with Gasteiger partial charge in [0, 0.05) is 5.39 Å². The van der Waals surface area contributed by atoms with E-state index in [1.165, 1.54) is 5.56 Å². The van der Waals surface area contributed by atoms with Gasteiger partial charge in [-0.3, -0.25) is 0 Å². The summed E-state index contributed by atoms with van der Waals surface area (Å²) in [4.78, 5) is 8.54. The molecule has 0 bridgehead atoms. The highest BCUT2D eigenvalue weighted by atomic mass is 16.3. The van der Waals surface area contributed by atoms with Crippen LogP contribution in [-0.4, -0.2) is 9.97 Å². The molecule has 20 heavy (non-hydrogen) atoms. The Morgan fingerprint density at radius 1 is 0.900 bits per heavy atom. The van der Waals surface area contributed by atoms with Gasteiger partial charge in [0.15, 0.2) is 5.58 Å². The Hall–Kier alpha value is -2.68. The molecule has 96 valence electrons. The van der Waals surface area contributed by atoms with Gasteiger partial charge < -0.3 is 4.42 Å². The molecule has 4 rings (SSSR count). The number of aryl methyl sites for hydroxylation is 1. The highest BCUT2D eigenvalue weighted by molar-refractivity contribution is 6.04. The minimum Gasteiger partial charge on any atom is -0.452 e. The van der Waals surface area contributed by atoms with Gasteiger partial charge in [-0.15, -0.1) is 0 Å². The number of furan rings is 1. The van der Waals surface area contributed by atoms with E-state index >= 15 is 0 Å². The van der Waals surface area contributed by atoms with Crippen LogP contribution in [0.2, 0.25) is 0 Å². The molecule has 0 amide bonds. The van der Waals surface area contributed by atoms with E-state index in [1.54, 1.807) is 6.33 Å². The first-order valence-electron chi connectivity index (χ1n) is 6.52. The van der Waals surface area contributed by atoms with E-state index in [4.69, 9.17) is 4.42 Å². The second-order valence-electron chi connectivity index (χ2n) is 4.82. The molecule has 0 saturated carbocycles. The maximum atomic E-state index is 5.85. The lowest BCUT2D eigenvalue weighted by Gasteiger charge is -2.00. The number of benzene rings is 2. The van der Waals surface area contributed by atoms with Crippen molar-refractivity contribution < 1.29 is 4.42 Å². The highest BCUT2D eigenvalue weighted by Gasteiger charge is 2.11. The quantitative estimate of drug-likeness (QED) is 0.510. The molecule has 0 fully saturated rings. The summed E-state index contributed by atoms with van der Waals surface area (Å²) < 4.78 is 5.85. The van der Waals surface area contributed by atoms with E-state index in [9.17, 15) is 0 Å². The highest BCUT2D eigenvalue weighted by Crippen LogP contribution is 2.31. The number of fused-ring (bicyclic) bond motifs is 3. The molecule has 3 heteroatoms. The summed E-state index contributed by atoms with van der Waals surface area (Å²) in [6.45, 7) is 1.94. The molecule has 2 aromatic carbocycles. The van der Waals surface area contributed by atoms with Gasteiger partial charge in [-0.2, -0.15) is 0 Å². The Bertz CT molecular complexity index is 910. The predicted molar refractivity (Wildman–Crippen MR) is 79.5 cm³/mol. The first kappa shape index (κ1) is 11.2. The Balaban J connectivity index is 2.04. The summed E-state index contributed by atoms with van der Waals surface area (Å²) in [7, 11) is 0. The molecule has 0 aliphatic carbocycles. The fraction of sp³-hybridized carbons (Fsp3) is 0.0588. The van der Waals surface area contributed by atoms with Crippen molar-refractivity contribution in [2.45, 2.75) is 6.92 Å². The summed E-state index contributed by atoms with van der Waals surface area (Å²) in [5, 5.41) is 1.03.